The zero-order valence-electron chi connectivity index (χ0n) is 16.3. The molecule has 1 fully saturated rings. The molecule has 8 heteroatoms. The summed E-state index contributed by atoms with van der Waals surface area (Å²) in [4.78, 5) is 29.7. The Kier molecular flexibility index (Phi) is 5.50. The molecule has 2 unspecified atom stereocenters. The summed E-state index contributed by atoms with van der Waals surface area (Å²) < 4.78 is 0. The van der Waals surface area contributed by atoms with E-state index in [0.29, 0.717) is 17.6 Å². The zero-order chi connectivity index (χ0) is 19.6. The van der Waals surface area contributed by atoms with Crippen molar-refractivity contribution in [3.63, 3.8) is 0 Å². The average Bonchev–Trinajstić information content (AvgIpc) is 2.98. The molecule has 1 amide bonds. The Bertz CT molecular complexity index is 820. The van der Waals surface area contributed by atoms with Crippen molar-refractivity contribution in [2.45, 2.75) is 30.7 Å². The third kappa shape index (κ3) is 3.84. The maximum absolute atomic E-state index is 11.7. The number of hydrogen-bond donors (Lipinski definition) is 1. The molecular weight excluding hydrogens is 372 g/mol. The standard InChI is InChI=1S/C20H26N6OS/c1-15(16-4-6-20(7-5-16)24-14-28-20)25-8-3-9-26(11-10-25)19-22-12-17(13-23-19)18(27)21-2/h4-6,12-15H,3,7-11H2,1-2H3,(H,21,27). The molecular formula is C20H26N6OS. The van der Waals surface area contributed by atoms with Gasteiger partial charge in [0.15, 0.2) is 0 Å². The van der Waals surface area contributed by atoms with Crippen LogP contribution >= 0.6 is 11.8 Å². The molecule has 0 bridgehead atoms. The first-order valence-corrected chi connectivity index (χ1v) is 10.6. The van der Waals surface area contributed by atoms with Crippen LogP contribution in [0.25, 0.3) is 0 Å². The lowest BCUT2D eigenvalue weighted by molar-refractivity contribution is 0.0962. The molecule has 1 aliphatic carbocycles. The van der Waals surface area contributed by atoms with Gasteiger partial charge in [-0.15, -0.1) is 0 Å². The van der Waals surface area contributed by atoms with E-state index in [4.69, 9.17) is 0 Å². The van der Waals surface area contributed by atoms with Gasteiger partial charge in [-0.1, -0.05) is 23.9 Å². The molecule has 0 radical (unpaired) electrons. The Morgan fingerprint density at radius 2 is 2.04 bits per heavy atom. The number of anilines is 1. The number of aromatic nitrogens is 2. The number of carbonyl (C=O) groups is 1. The van der Waals surface area contributed by atoms with Crippen molar-refractivity contribution in [1.82, 2.24) is 20.2 Å². The number of hydrogen-bond acceptors (Lipinski definition) is 7. The first kappa shape index (κ1) is 19.1. The highest BCUT2D eigenvalue weighted by Crippen LogP contribution is 2.41. The van der Waals surface area contributed by atoms with E-state index in [9.17, 15) is 4.79 Å². The summed E-state index contributed by atoms with van der Waals surface area (Å²) in [5, 5.41) is 2.59. The molecule has 1 saturated heterocycles. The zero-order valence-corrected chi connectivity index (χ0v) is 17.2. The van der Waals surface area contributed by atoms with Crippen LogP contribution in [-0.4, -0.2) is 70.5 Å². The first-order chi connectivity index (χ1) is 13.6. The van der Waals surface area contributed by atoms with E-state index < -0.39 is 0 Å². The van der Waals surface area contributed by atoms with Crippen molar-refractivity contribution in [2.24, 2.45) is 4.99 Å². The SMILES string of the molecule is CNC(=O)c1cnc(N2CCCN(C(C)C3=CCC4(C=C3)N=CS4)CC2)nc1. The molecule has 148 valence electrons. The van der Waals surface area contributed by atoms with E-state index >= 15 is 0 Å². The monoisotopic (exact) mass is 398 g/mol. The summed E-state index contributed by atoms with van der Waals surface area (Å²) >= 11 is 1.80. The van der Waals surface area contributed by atoms with E-state index in [1.54, 1.807) is 31.2 Å². The van der Waals surface area contributed by atoms with Crippen LogP contribution in [-0.2, 0) is 0 Å². The molecule has 3 aliphatic rings. The topological polar surface area (TPSA) is 73.7 Å². The summed E-state index contributed by atoms with van der Waals surface area (Å²) in [5.74, 6) is 0.532. The van der Waals surface area contributed by atoms with Gasteiger partial charge in [0, 0.05) is 58.1 Å². The second-order valence-corrected chi connectivity index (χ2v) is 8.50. The lowest BCUT2D eigenvalue weighted by Gasteiger charge is -2.35. The highest BCUT2D eigenvalue weighted by atomic mass is 32.2. The smallest absolute Gasteiger partial charge is 0.254 e. The van der Waals surface area contributed by atoms with E-state index in [1.807, 2.05) is 5.55 Å². The Morgan fingerprint density at radius 3 is 2.64 bits per heavy atom. The van der Waals surface area contributed by atoms with Gasteiger partial charge in [0.05, 0.1) is 11.1 Å². The molecule has 1 aromatic rings. The lowest BCUT2D eigenvalue weighted by atomic mass is 9.97. The summed E-state index contributed by atoms with van der Waals surface area (Å²) in [5.41, 5.74) is 3.80. The maximum atomic E-state index is 11.7. The Hall–Kier alpha value is -2.19. The van der Waals surface area contributed by atoms with E-state index in [1.165, 1.54) is 5.57 Å². The van der Waals surface area contributed by atoms with E-state index in [0.717, 1.165) is 39.0 Å². The van der Waals surface area contributed by atoms with Gasteiger partial charge in [0.25, 0.3) is 5.91 Å². The fourth-order valence-electron chi connectivity index (χ4n) is 3.79. The minimum absolute atomic E-state index is 0.0169. The third-order valence-corrected chi connectivity index (χ3v) is 6.69. The highest BCUT2D eigenvalue weighted by molar-refractivity contribution is 8.14. The van der Waals surface area contributed by atoms with Crippen LogP contribution in [0, 0.1) is 0 Å². The Morgan fingerprint density at radius 1 is 1.25 bits per heavy atom. The number of nitrogens with one attached hydrogen (secondary N) is 1. The van der Waals surface area contributed by atoms with Crippen molar-refractivity contribution in [2.75, 3.05) is 38.1 Å². The molecule has 0 saturated carbocycles. The van der Waals surface area contributed by atoms with Crippen molar-refractivity contribution < 1.29 is 4.79 Å². The highest BCUT2D eigenvalue weighted by Gasteiger charge is 2.33. The first-order valence-electron chi connectivity index (χ1n) is 9.74. The minimum Gasteiger partial charge on any atom is -0.355 e. The summed E-state index contributed by atoms with van der Waals surface area (Å²) in [7, 11) is 1.61. The van der Waals surface area contributed by atoms with Gasteiger partial charge in [-0.05, 0) is 25.0 Å². The largest absolute Gasteiger partial charge is 0.355 e. The van der Waals surface area contributed by atoms with Gasteiger partial charge in [0.2, 0.25) is 5.95 Å². The van der Waals surface area contributed by atoms with E-state index in [-0.39, 0.29) is 10.8 Å². The fourth-order valence-corrected chi connectivity index (χ4v) is 4.49. The van der Waals surface area contributed by atoms with Gasteiger partial charge in [-0.3, -0.25) is 14.7 Å². The molecule has 7 nitrogen and oxygen atoms in total. The number of amides is 1. The van der Waals surface area contributed by atoms with Gasteiger partial charge >= 0.3 is 0 Å². The van der Waals surface area contributed by atoms with Crippen molar-refractivity contribution >= 4 is 29.2 Å². The normalized spacial score (nSPS) is 25.8. The summed E-state index contributed by atoms with van der Waals surface area (Å²) in [6.45, 7) is 6.11. The van der Waals surface area contributed by atoms with Crippen molar-refractivity contribution in [1.29, 1.82) is 0 Å². The van der Waals surface area contributed by atoms with Crippen LogP contribution in [0.3, 0.4) is 0 Å². The van der Waals surface area contributed by atoms with Gasteiger partial charge in [-0.25, -0.2) is 9.97 Å². The van der Waals surface area contributed by atoms with Gasteiger partial charge in [-0.2, -0.15) is 0 Å². The number of aliphatic imine (C=N–C) groups is 1. The quantitative estimate of drug-likeness (QED) is 0.837. The molecule has 1 N–H and O–H groups in total. The minimum atomic E-state index is -0.163. The van der Waals surface area contributed by atoms with Crippen molar-refractivity contribution in [3.8, 4) is 0 Å². The van der Waals surface area contributed by atoms with Crippen molar-refractivity contribution in [3.05, 3.63) is 41.8 Å². The van der Waals surface area contributed by atoms with Crippen LogP contribution < -0.4 is 10.2 Å². The predicted octanol–water partition coefficient (Wildman–Crippen LogP) is 2.09. The molecule has 4 rings (SSSR count). The van der Waals surface area contributed by atoms with Crippen LogP contribution in [0.2, 0.25) is 0 Å². The van der Waals surface area contributed by atoms with Gasteiger partial charge in [0.1, 0.15) is 4.87 Å². The lowest BCUT2D eigenvalue weighted by Crippen LogP contribution is -2.39. The number of thioether (sulfide) groups is 1. The average molecular weight is 399 g/mol. The summed E-state index contributed by atoms with van der Waals surface area (Å²) in [6, 6.07) is 0.388. The third-order valence-electron chi connectivity index (χ3n) is 5.67. The molecule has 3 heterocycles. The fraction of sp³-hybridized carbons (Fsp3) is 0.500. The van der Waals surface area contributed by atoms with Crippen LogP contribution in [0.4, 0.5) is 5.95 Å². The molecule has 2 atom stereocenters. The van der Waals surface area contributed by atoms with Gasteiger partial charge < -0.3 is 10.2 Å². The molecule has 2 aliphatic heterocycles. The predicted molar refractivity (Wildman–Crippen MR) is 114 cm³/mol. The number of nitrogens with zero attached hydrogens (tertiary/aromatic N) is 5. The molecule has 28 heavy (non-hydrogen) atoms. The second-order valence-electron chi connectivity index (χ2n) is 7.34. The summed E-state index contributed by atoms with van der Waals surface area (Å²) in [6.07, 6.45) is 12.1. The van der Waals surface area contributed by atoms with E-state index in [2.05, 4.69) is 55.2 Å². The number of carbonyl (C=O) groups excluding carboxylic acids is 1. The maximum Gasteiger partial charge on any atom is 0.254 e. The second kappa shape index (κ2) is 8.05. The Balaban J connectivity index is 1.36. The molecule has 0 aromatic carbocycles. The van der Waals surface area contributed by atoms with Crippen LogP contribution in [0.5, 0.6) is 0 Å². The molecule has 1 spiro atoms. The molecule has 1 aromatic heterocycles. The Labute approximate surface area is 170 Å². The van der Waals surface area contributed by atoms with Crippen LogP contribution in [0.15, 0.2) is 41.2 Å². The van der Waals surface area contributed by atoms with Crippen LogP contribution in [0.1, 0.15) is 30.1 Å². The number of rotatable bonds is 4.